The molecule has 5 heteroatoms. The number of nitrogens with one attached hydrogen (secondary N) is 1. The maximum Gasteiger partial charge on any atom is 0.402 e. The van der Waals surface area contributed by atoms with Crippen LogP contribution in [0.1, 0.15) is 11.3 Å². The van der Waals surface area contributed by atoms with Gasteiger partial charge in [-0.15, -0.1) is 0 Å². The zero-order valence-corrected chi connectivity index (χ0v) is 13.9. The zero-order chi connectivity index (χ0) is 16.7. The van der Waals surface area contributed by atoms with Crippen molar-refractivity contribution in [1.82, 2.24) is 14.5 Å². The number of ether oxygens (including phenoxy) is 1. The first-order valence-corrected chi connectivity index (χ1v) is 7.87. The van der Waals surface area contributed by atoms with Crippen molar-refractivity contribution in [2.75, 3.05) is 7.11 Å². The Labute approximate surface area is 140 Å². The molecule has 120 valence electrons. The maximum atomic E-state index is 5.39. The minimum Gasteiger partial charge on any atom is -0.496 e. The summed E-state index contributed by atoms with van der Waals surface area (Å²) in [5.74, 6) is 1.69. The SMILES string of the molecule is COc1cc[n+](-c2nc3ccc(-n4cccc4)cc3[nH]2)c(C)c1C. The largest absolute Gasteiger partial charge is 0.496 e. The van der Waals surface area contributed by atoms with E-state index < -0.39 is 0 Å². The van der Waals surface area contributed by atoms with Crippen LogP contribution in [0.25, 0.3) is 22.7 Å². The lowest BCUT2D eigenvalue weighted by atomic mass is 10.2. The summed E-state index contributed by atoms with van der Waals surface area (Å²) in [5, 5.41) is 0. The highest BCUT2D eigenvalue weighted by atomic mass is 16.5. The average molecular weight is 319 g/mol. The van der Waals surface area contributed by atoms with E-state index in [-0.39, 0.29) is 0 Å². The highest BCUT2D eigenvalue weighted by molar-refractivity contribution is 5.78. The van der Waals surface area contributed by atoms with Gasteiger partial charge in [-0.1, -0.05) is 4.98 Å². The third kappa shape index (κ3) is 2.25. The number of benzene rings is 1. The number of fused-ring (bicyclic) bond motifs is 1. The fraction of sp³-hybridized carbons (Fsp3) is 0.158. The number of hydrogen-bond acceptors (Lipinski definition) is 2. The van der Waals surface area contributed by atoms with Gasteiger partial charge in [-0.2, -0.15) is 0 Å². The summed E-state index contributed by atoms with van der Waals surface area (Å²) in [6.45, 7) is 4.12. The molecule has 0 saturated carbocycles. The van der Waals surface area contributed by atoms with Crippen LogP contribution in [0.5, 0.6) is 5.75 Å². The van der Waals surface area contributed by atoms with Crippen LogP contribution in [0.4, 0.5) is 0 Å². The van der Waals surface area contributed by atoms with Gasteiger partial charge in [0.25, 0.3) is 0 Å². The van der Waals surface area contributed by atoms with Gasteiger partial charge >= 0.3 is 5.95 Å². The molecule has 0 fully saturated rings. The summed E-state index contributed by atoms with van der Waals surface area (Å²) in [6, 6.07) is 12.2. The van der Waals surface area contributed by atoms with Gasteiger partial charge in [0, 0.05) is 35.8 Å². The molecule has 0 aliphatic rings. The van der Waals surface area contributed by atoms with E-state index in [1.165, 1.54) is 0 Å². The number of rotatable bonds is 3. The Morgan fingerprint density at radius 1 is 1.12 bits per heavy atom. The number of hydrogen-bond donors (Lipinski definition) is 1. The third-order valence-corrected chi connectivity index (χ3v) is 4.45. The minimum atomic E-state index is 0.804. The van der Waals surface area contributed by atoms with Crippen molar-refractivity contribution in [2.45, 2.75) is 13.8 Å². The molecule has 0 aliphatic heterocycles. The Balaban J connectivity index is 1.82. The Kier molecular flexibility index (Phi) is 3.34. The standard InChI is InChI=1S/C19H19N4O/c1-13-14(2)23(11-8-18(13)24-3)19-20-16-7-6-15(12-17(16)21-19)22-9-4-5-10-22/h4-12H,1-3H3,(H,20,21)/q+1. The van der Waals surface area contributed by atoms with E-state index in [4.69, 9.17) is 9.72 Å². The molecule has 0 amide bonds. The lowest BCUT2D eigenvalue weighted by Gasteiger charge is -2.08. The van der Waals surface area contributed by atoms with Crippen molar-refractivity contribution in [3.8, 4) is 17.4 Å². The Morgan fingerprint density at radius 2 is 1.92 bits per heavy atom. The molecule has 3 aromatic heterocycles. The monoisotopic (exact) mass is 319 g/mol. The van der Waals surface area contributed by atoms with Crippen molar-refractivity contribution in [3.63, 3.8) is 0 Å². The molecule has 3 heterocycles. The molecule has 0 spiro atoms. The fourth-order valence-corrected chi connectivity index (χ4v) is 2.95. The van der Waals surface area contributed by atoms with Gasteiger partial charge in [-0.25, -0.2) is 9.55 Å². The van der Waals surface area contributed by atoms with Gasteiger partial charge in [0.1, 0.15) is 11.3 Å². The quantitative estimate of drug-likeness (QED) is 0.589. The van der Waals surface area contributed by atoms with Gasteiger partial charge in [-0.05, 0) is 38.1 Å². The van der Waals surface area contributed by atoms with Crippen LogP contribution in [0.15, 0.2) is 55.0 Å². The van der Waals surface area contributed by atoms with Gasteiger partial charge < -0.3 is 9.30 Å². The van der Waals surface area contributed by atoms with Gasteiger partial charge in [0.15, 0.2) is 5.52 Å². The second-order valence-corrected chi connectivity index (χ2v) is 5.82. The molecule has 0 aliphatic carbocycles. The van der Waals surface area contributed by atoms with Crippen molar-refractivity contribution >= 4 is 11.0 Å². The predicted octanol–water partition coefficient (Wildman–Crippen LogP) is 3.26. The van der Waals surface area contributed by atoms with Gasteiger partial charge in [-0.3, -0.25) is 0 Å². The maximum absolute atomic E-state index is 5.39. The summed E-state index contributed by atoms with van der Waals surface area (Å²) < 4.78 is 9.51. The lowest BCUT2D eigenvalue weighted by molar-refractivity contribution is -0.610. The van der Waals surface area contributed by atoms with E-state index in [0.717, 1.165) is 39.7 Å². The summed E-state index contributed by atoms with van der Waals surface area (Å²) in [7, 11) is 1.69. The molecule has 0 saturated heterocycles. The normalized spacial score (nSPS) is 11.1. The summed E-state index contributed by atoms with van der Waals surface area (Å²) in [5.41, 5.74) is 5.26. The number of H-pyrrole nitrogens is 1. The van der Waals surface area contributed by atoms with Crippen LogP contribution in [0.3, 0.4) is 0 Å². The highest BCUT2D eigenvalue weighted by Crippen LogP contribution is 2.20. The third-order valence-electron chi connectivity index (χ3n) is 4.45. The number of nitrogens with zero attached hydrogens (tertiary/aromatic N) is 3. The number of imidazole rings is 1. The van der Waals surface area contributed by atoms with E-state index >= 15 is 0 Å². The van der Waals surface area contributed by atoms with Crippen molar-refractivity contribution < 1.29 is 9.30 Å². The van der Waals surface area contributed by atoms with Crippen molar-refractivity contribution in [3.05, 3.63) is 66.2 Å². The molecule has 1 N–H and O–H groups in total. The molecule has 5 nitrogen and oxygen atoms in total. The Bertz CT molecular complexity index is 1020. The van der Waals surface area contributed by atoms with Gasteiger partial charge in [0.2, 0.25) is 0 Å². The fourth-order valence-electron chi connectivity index (χ4n) is 2.95. The lowest BCUT2D eigenvalue weighted by Crippen LogP contribution is -2.36. The first-order valence-electron chi connectivity index (χ1n) is 7.87. The Morgan fingerprint density at radius 3 is 2.67 bits per heavy atom. The second-order valence-electron chi connectivity index (χ2n) is 5.82. The van der Waals surface area contributed by atoms with Crippen LogP contribution in [0.2, 0.25) is 0 Å². The average Bonchev–Trinajstić information content (AvgIpc) is 3.25. The molecule has 1 aromatic carbocycles. The van der Waals surface area contributed by atoms with Crippen molar-refractivity contribution in [2.24, 2.45) is 0 Å². The van der Waals surface area contributed by atoms with Crippen LogP contribution < -0.4 is 9.30 Å². The summed E-state index contributed by atoms with van der Waals surface area (Å²) >= 11 is 0. The second kappa shape index (κ2) is 5.53. The zero-order valence-electron chi connectivity index (χ0n) is 13.9. The first-order chi connectivity index (χ1) is 11.7. The summed E-state index contributed by atoms with van der Waals surface area (Å²) in [4.78, 5) is 8.14. The number of pyridine rings is 1. The molecular formula is C19H19N4O+. The van der Waals surface area contributed by atoms with E-state index in [9.17, 15) is 0 Å². The number of methoxy groups -OCH3 is 1. The van der Waals surface area contributed by atoms with E-state index in [2.05, 4.69) is 35.5 Å². The molecule has 0 unspecified atom stereocenters. The topological polar surface area (TPSA) is 46.7 Å². The predicted molar refractivity (Wildman–Crippen MR) is 93.0 cm³/mol. The summed E-state index contributed by atoms with van der Waals surface area (Å²) in [6.07, 6.45) is 6.04. The molecule has 0 radical (unpaired) electrons. The smallest absolute Gasteiger partial charge is 0.402 e. The van der Waals surface area contributed by atoms with Crippen LogP contribution in [-0.4, -0.2) is 21.6 Å². The van der Waals surface area contributed by atoms with Crippen LogP contribution >= 0.6 is 0 Å². The van der Waals surface area contributed by atoms with Gasteiger partial charge in [0.05, 0.1) is 19.0 Å². The van der Waals surface area contributed by atoms with E-state index in [1.807, 2.05) is 47.4 Å². The molecule has 0 bridgehead atoms. The molecule has 24 heavy (non-hydrogen) atoms. The highest BCUT2D eigenvalue weighted by Gasteiger charge is 2.18. The molecule has 0 atom stereocenters. The minimum absolute atomic E-state index is 0.804. The van der Waals surface area contributed by atoms with E-state index in [0.29, 0.717) is 0 Å². The number of aromatic nitrogens is 4. The number of aromatic amines is 1. The van der Waals surface area contributed by atoms with Crippen LogP contribution in [-0.2, 0) is 0 Å². The first kappa shape index (κ1) is 14.5. The molecule has 4 aromatic rings. The van der Waals surface area contributed by atoms with Crippen molar-refractivity contribution in [1.29, 1.82) is 0 Å². The van der Waals surface area contributed by atoms with Crippen LogP contribution in [0, 0.1) is 13.8 Å². The Hall–Kier alpha value is -3.08. The molecule has 4 rings (SSSR count). The molecular weight excluding hydrogens is 300 g/mol. The van der Waals surface area contributed by atoms with E-state index in [1.54, 1.807) is 7.11 Å².